The highest BCUT2D eigenvalue weighted by Crippen LogP contribution is 2.21. The molecule has 1 atom stereocenters. The van der Waals surface area contributed by atoms with Gasteiger partial charge in [0.2, 0.25) is 0 Å². The van der Waals surface area contributed by atoms with Crippen molar-refractivity contribution in [1.29, 1.82) is 0 Å². The smallest absolute Gasteiger partial charge is 0.154 e. The highest BCUT2D eigenvalue weighted by molar-refractivity contribution is 14.1. The molecule has 0 N–H and O–H groups in total. The average Bonchev–Trinajstić information content (AvgIpc) is 2.61. The largest absolute Gasteiger partial charge is 0.270 e. The molecular weight excluding hydrogens is 315 g/mol. The number of hydrogen-bond acceptors (Lipinski definition) is 3. The summed E-state index contributed by atoms with van der Waals surface area (Å²) in [4.78, 5) is 0. The Bertz CT molecular complexity index is 426. The third-order valence-electron chi connectivity index (χ3n) is 2.46. The van der Waals surface area contributed by atoms with Crippen molar-refractivity contribution in [3.8, 4) is 0 Å². The van der Waals surface area contributed by atoms with Gasteiger partial charge in [0.05, 0.1) is 27.3 Å². The average molecular weight is 326 g/mol. The first-order valence-corrected chi connectivity index (χ1v) is 7.27. The van der Waals surface area contributed by atoms with Gasteiger partial charge in [-0.25, -0.2) is 8.42 Å². The summed E-state index contributed by atoms with van der Waals surface area (Å²) in [5.74, 6) is 0.343. The third kappa shape index (κ3) is 2.10. The second kappa shape index (κ2) is 3.80. The lowest BCUT2D eigenvalue weighted by Gasteiger charge is -2.08. The van der Waals surface area contributed by atoms with Crippen LogP contribution in [0.15, 0.2) is 12.4 Å². The fourth-order valence-electron chi connectivity index (χ4n) is 1.71. The van der Waals surface area contributed by atoms with Gasteiger partial charge in [-0.3, -0.25) is 4.68 Å². The third-order valence-corrected chi connectivity index (χ3v) is 5.27. The normalized spacial score (nSPS) is 25.4. The summed E-state index contributed by atoms with van der Waals surface area (Å²) in [6, 6.07) is 0. The Morgan fingerprint density at radius 1 is 1.64 bits per heavy atom. The van der Waals surface area contributed by atoms with E-state index in [2.05, 4.69) is 27.7 Å². The van der Waals surface area contributed by atoms with Crippen molar-refractivity contribution in [2.45, 2.75) is 24.6 Å². The van der Waals surface area contributed by atoms with Crippen molar-refractivity contribution in [2.24, 2.45) is 0 Å². The molecule has 1 fully saturated rings. The van der Waals surface area contributed by atoms with Crippen LogP contribution in [0.1, 0.15) is 12.8 Å². The number of halogens is 1. The van der Waals surface area contributed by atoms with Gasteiger partial charge < -0.3 is 0 Å². The van der Waals surface area contributed by atoms with Crippen LogP contribution in [0.3, 0.4) is 0 Å². The molecule has 1 aliphatic rings. The summed E-state index contributed by atoms with van der Waals surface area (Å²) in [6.45, 7) is 0.505. The van der Waals surface area contributed by atoms with E-state index in [4.69, 9.17) is 0 Å². The Morgan fingerprint density at radius 3 is 2.93 bits per heavy atom. The molecule has 0 amide bonds. The number of aromatic nitrogens is 2. The minimum atomic E-state index is -2.84. The zero-order chi connectivity index (χ0) is 10.2. The van der Waals surface area contributed by atoms with Gasteiger partial charge in [-0.05, 0) is 35.4 Å². The van der Waals surface area contributed by atoms with Crippen LogP contribution < -0.4 is 0 Å². The fourth-order valence-corrected chi connectivity index (χ4v) is 3.96. The van der Waals surface area contributed by atoms with E-state index < -0.39 is 9.84 Å². The number of hydrogen-bond donors (Lipinski definition) is 0. The molecule has 14 heavy (non-hydrogen) atoms. The van der Waals surface area contributed by atoms with E-state index in [1.807, 2.05) is 6.20 Å². The molecule has 6 heteroatoms. The Morgan fingerprint density at radius 2 is 2.43 bits per heavy atom. The SMILES string of the molecule is O=S1(=O)CCCC1Cn1cc(I)cn1. The van der Waals surface area contributed by atoms with Gasteiger partial charge in [0, 0.05) is 6.20 Å². The quantitative estimate of drug-likeness (QED) is 0.764. The van der Waals surface area contributed by atoms with Crippen molar-refractivity contribution >= 4 is 32.4 Å². The van der Waals surface area contributed by atoms with Crippen LogP contribution in [0.4, 0.5) is 0 Å². The Kier molecular flexibility index (Phi) is 2.83. The topological polar surface area (TPSA) is 52.0 Å². The first kappa shape index (κ1) is 10.4. The standard InChI is InChI=1S/C8H11IN2O2S/c9-7-4-10-11(5-7)6-8-2-1-3-14(8,12)13/h4-5,8H,1-3,6H2. The van der Waals surface area contributed by atoms with Crippen molar-refractivity contribution in [3.05, 3.63) is 16.0 Å². The van der Waals surface area contributed by atoms with Crippen LogP contribution in [0.2, 0.25) is 0 Å². The maximum absolute atomic E-state index is 11.5. The monoisotopic (exact) mass is 326 g/mol. The second-order valence-electron chi connectivity index (χ2n) is 3.51. The molecule has 1 aromatic rings. The molecule has 1 saturated heterocycles. The number of nitrogens with zero attached hydrogens (tertiary/aromatic N) is 2. The highest BCUT2D eigenvalue weighted by atomic mass is 127. The molecule has 0 bridgehead atoms. The lowest BCUT2D eigenvalue weighted by atomic mass is 10.2. The predicted octanol–water partition coefficient (Wildman–Crippen LogP) is 1.06. The van der Waals surface area contributed by atoms with E-state index in [1.165, 1.54) is 0 Å². The van der Waals surface area contributed by atoms with Crippen LogP contribution in [0.5, 0.6) is 0 Å². The maximum Gasteiger partial charge on any atom is 0.154 e. The molecule has 1 aromatic heterocycles. The van der Waals surface area contributed by atoms with Crippen molar-refractivity contribution in [2.75, 3.05) is 5.75 Å². The van der Waals surface area contributed by atoms with Gasteiger partial charge in [-0.15, -0.1) is 0 Å². The van der Waals surface area contributed by atoms with Crippen molar-refractivity contribution < 1.29 is 8.42 Å². The van der Waals surface area contributed by atoms with E-state index in [1.54, 1.807) is 10.9 Å². The summed E-state index contributed by atoms with van der Waals surface area (Å²) in [5, 5.41) is 3.87. The molecule has 0 aromatic carbocycles. The molecule has 1 unspecified atom stereocenters. The Labute approximate surface area is 96.7 Å². The van der Waals surface area contributed by atoms with Crippen molar-refractivity contribution in [1.82, 2.24) is 9.78 Å². The molecule has 4 nitrogen and oxygen atoms in total. The number of rotatable bonds is 2. The van der Waals surface area contributed by atoms with Crippen LogP contribution >= 0.6 is 22.6 Å². The van der Waals surface area contributed by atoms with Crippen LogP contribution in [0.25, 0.3) is 0 Å². The number of sulfone groups is 1. The van der Waals surface area contributed by atoms with E-state index in [0.717, 1.165) is 16.4 Å². The summed E-state index contributed by atoms with van der Waals surface area (Å²) in [7, 11) is -2.84. The van der Waals surface area contributed by atoms with Crippen molar-refractivity contribution in [3.63, 3.8) is 0 Å². The van der Waals surface area contributed by atoms with Crippen LogP contribution in [0, 0.1) is 3.57 Å². The zero-order valence-corrected chi connectivity index (χ0v) is 10.5. The zero-order valence-electron chi connectivity index (χ0n) is 7.56. The van der Waals surface area contributed by atoms with Crippen LogP contribution in [-0.2, 0) is 16.4 Å². The van der Waals surface area contributed by atoms with Gasteiger partial charge >= 0.3 is 0 Å². The van der Waals surface area contributed by atoms with Gasteiger partial charge in [-0.2, -0.15) is 5.10 Å². The first-order chi connectivity index (χ1) is 6.58. The summed E-state index contributed by atoms with van der Waals surface area (Å²) < 4.78 is 25.8. The Balaban J connectivity index is 2.12. The molecule has 1 aliphatic heterocycles. The fraction of sp³-hybridized carbons (Fsp3) is 0.625. The Hall–Kier alpha value is -0.110. The van der Waals surface area contributed by atoms with Gasteiger partial charge in [0.1, 0.15) is 0 Å². The molecular formula is C8H11IN2O2S. The molecule has 0 saturated carbocycles. The van der Waals surface area contributed by atoms with E-state index >= 15 is 0 Å². The van der Waals surface area contributed by atoms with Gasteiger partial charge in [0.25, 0.3) is 0 Å². The lowest BCUT2D eigenvalue weighted by Crippen LogP contribution is -2.22. The lowest BCUT2D eigenvalue weighted by molar-refractivity contribution is 0.542. The molecule has 0 radical (unpaired) electrons. The minimum absolute atomic E-state index is 0.224. The van der Waals surface area contributed by atoms with Gasteiger partial charge in [0.15, 0.2) is 9.84 Å². The first-order valence-electron chi connectivity index (χ1n) is 4.47. The molecule has 78 valence electrons. The van der Waals surface area contributed by atoms with Crippen LogP contribution in [-0.4, -0.2) is 29.2 Å². The summed E-state index contributed by atoms with van der Waals surface area (Å²) in [6.07, 6.45) is 5.18. The summed E-state index contributed by atoms with van der Waals surface area (Å²) in [5.41, 5.74) is 0. The van der Waals surface area contributed by atoms with Gasteiger partial charge in [-0.1, -0.05) is 0 Å². The highest BCUT2D eigenvalue weighted by Gasteiger charge is 2.31. The van der Waals surface area contributed by atoms with E-state index in [0.29, 0.717) is 12.3 Å². The minimum Gasteiger partial charge on any atom is -0.270 e. The molecule has 2 rings (SSSR count). The van der Waals surface area contributed by atoms with E-state index in [-0.39, 0.29) is 5.25 Å². The maximum atomic E-state index is 11.5. The molecule has 2 heterocycles. The molecule has 0 spiro atoms. The summed E-state index contributed by atoms with van der Waals surface area (Å²) >= 11 is 2.16. The second-order valence-corrected chi connectivity index (χ2v) is 7.16. The predicted molar refractivity (Wildman–Crippen MR) is 61.8 cm³/mol. The van der Waals surface area contributed by atoms with E-state index in [9.17, 15) is 8.42 Å². The molecule has 0 aliphatic carbocycles.